The fraction of sp³-hybridized carbons (Fsp3) is 0.450. The van der Waals surface area contributed by atoms with Crippen molar-refractivity contribution in [3.63, 3.8) is 0 Å². The Hall–Kier alpha value is -2.91. The number of fused-ring (bicyclic) bond motifs is 3. The average Bonchev–Trinajstić information content (AvgIpc) is 3.29. The summed E-state index contributed by atoms with van der Waals surface area (Å²) in [5.74, 6) is 3.08. The van der Waals surface area contributed by atoms with Crippen molar-refractivity contribution < 1.29 is 14.2 Å². The van der Waals surface area contributed by atoms with Gasteiger partial charge in [-0.2, -0.15) is 5.10 Å². The van der Waals surface area contributed by atoms with Crippen molar-refractivity contribution in [2.45, 2.75) is 32.0 Å². The van der Waals surface area contributed by atoms with Crippen molar-refractivity contribution in [3.8, 4) is 34.4 Å². The Labute approximate surface area is 168 Å². The molecule has 29 heavy (non-hydrogen) atoms. The van der Waals surface area contributed by atoms with Gasteiger partial charge in [-0.05, 0) is 26.0 Å². The average molecular weight is 396 g/mol. The molecule has 2 N–H and O–H groups in total. The topological polar surface area (TPSA) is 102 Å². The summed E-state index contributed by atoms with van der Waals surface area (Å²) in [5, 5.41) is 4.32. The Morgan fingerprint density at radius 3 is 2.90 bits per heavy atom. The molecule has 3 aromatic rings. The highest BCUT2D eigenvalue weighted by Crippen LogP contribution is 2.36. The van der Waals surface area contributed by atoms with E-state index in [4.69, 9.17) is 24.9 Å². The molecule has 2 aliphatic heterocycles. The van der Waals surface area contributed by atoms with E-state index in [0.29, 0.717) is 33.0 Å². The molecule has 9 heteroatoms. The van der Waals surface area contributed by atoms with Gasteiger partial charge in [-0.3, -0.25) is 0 Å². The molecule has 9 nitrogen and oxygen atoms in total. The van der Waals surface area contributed by atoms with Crippen LogP contribution in [-0.2, 0) is 11.3 Å². The molecular formula is C20H24N6O3. The highest BCUT2D eigenvalue weighted by molar-refractivity contribution is 5.69. The standard InChI is InChI=1S/C20H24N6O3/c1-13(2)26-19(22-12-23-26)16-8-25-5-6-28-17-7-14(3-4-15(17)18(25)24-16)29-11-20(21)9-27-10-20/h3-4,7-8,12-13H,5-6,9-11,21H2,1-2H3. The molecule has 5 rings (SSSR count). The van der Waals surface area contributed by atoms with Gasteiger partial charge in [-0.25, -0.2) is 14.6 Å². The number of nitrogens with zero attached hydrogens (tertiary/aromatic N) is 5. The number of nitrogens with two attached hydrogens (primary N) is 1. The summed E-state index contributed by atoms with van der Waals surface area (Å²) in [5.41, 5.74) is 7.48. The zero-order valence-electron chi connectivity index (χ0n) is 16.5. The Bertz CT molecular complexity index is 1040. The fourth-order valence-corrected chi connectivity index (χ4v) is 3.55. The minimum Gasteiger partial charge on any atom is -0.491 e. The number of ether oxygens (including phenoxy) is 3. The van der Waals surface area contributed by atoms with Crippen LogP contribution < -0.4 is 15.2 Å². The lowest BCUT2D eigenvalue weighted by Crippen LogP contribution is -2.61. The van der Waals surface area contributed by atoms with Crippen molar-refractivity contribution in [3.05, 3.63) is 30.7 Å². The predicted octanol–water partition coefficient (Wildman–Crippen LogP) is 1.89. The molecular weight excluding hydrogens is 372 g/mol. The van der Waals surface area contributed by atoms with E-state index in [9.17, 15) is 0 Å². The Morgan fingerprint density at radius 1 is 1.28 bits per heavy atom. The van der Waals surface area contributed by atoms with Gasteiger partial charge in [-0.1, -0.05) is 0 Å². The first kappa shape index (κ1) is 18.1. The van der Waals surface area contributed by atoms with Gasteiger partial charge in [0.2, 0.25) is 0 Å². The summed E-state index contributed by atoms with van der Waals surface area (Å²) in [6, 6.07) is 6.01. The molecule has 0 spiro atoms. The van der Waals surface area contributed by atoms with E-state index in [1.54, 1.807) is 6.33 Å². The first-order valence-electron chi connectivity index (χ1n) is 9.76. The number of rotatable bonds is 5. The first-order chi connectivity index (χ1) is 14.0. The minimum absolute atomic E-state index is 0.205. The van der Waals surface area contributed by atoms with Crippen molar-refractivity contribution in [2.24, 2.45) is 5.73 Å². The molecule has 0 radical (unpaired) electrons. The van der Waals surface area contributed by atoms with E-state index in [2.05, 4.69) is 28.5 Å². The number of benzene rings is 1. The molecule has 1 aromatic carbocycles. The van der Waals surface area contributed by atoms with E-state index in [1.165, 1.54) is 0 Å². The molecule has 0 amide bonds. The third-order valence-electron chi connectivity index (χ3n) is 5.16. The van der Waals surface area contributed by atoms with Crippen LogP contribution in [0.2, 0.25) is 0 Å². The lowest BCUT2D eigenvalue weighted by atomic mass is 10.0. The maximum Gasteiger partial charge on any atom is 0.178 e. The number of hydrogen-bond donors (Lipinski definition) is 1. The zero-order chi connectivity index (χ0) is 20.0. The molecule has 0 bridgehead atoms. The second-order valence-corrected chi connectivity index (χ2v) is 7.92. The molecule has 0 saturated carbocycles. The SMILES string of the molecule is CC(C)n1ncnc1-c1cn2c(n1)-c1ccc(OCC3(N)COC3)cc1OCC2. The van der Waals surface area contributed by atoms with Crippen molar-refractivity contribution in [2.75, 3.05) is 26.4 Å². The fourth-order valence-electron chi connectivity index (χ4n) is 3.55. The van der Waals surface area contributed by atoms with E-state index in [0.717, 1.165) is 34.4 Å². The molecule has 1 saturated heterocycles. The van der Waals surface area contributed by atoms with Gasteiger partial charge in [0.25, 0.3) is 0 Å². The van der Waals surface area contributed by atoms with Crippen LogP contribution in [0.4, 0.5) is 0 Å². The van der Waals surface area contributed by atoms with Gasteiger partial charge in [0.15, 0.2) is 5.82 Å². The lowest BCUT2D eigenvalue weighted by molar-refractivity contribution is -0.0722. The molecule has 152 valence electrons. The largest absolute Gasteiger partial charge is 0.491 e. The van der Waals surface area contributed by atoms with E-state index in [1.807, 2.05) is 29.1 Å². The third kappa shape index (κ3) is 3.26. The zero-order valence-corrected chi connectivity index (χ0v) is 16.5. The molecule has 0 unspecified atom stereocenters. The lowest BCUT2D eigenvalue weighted by Gasteiger charge is -2.37. The Kier molecular flexibility index (Phi) is 4.29. The quantitative estimate of drug-likeness (QED) is 0.702. The molecule has 0 aliphatic carbocycles. The summed E-state index contributed by atoms with van der Waals surface area (Å²) in [7, 11) is 0. The second kappa shape index (κ2) is 6.85. The van der Waals surface area contributed by atoms with Gasteiger partial charge >= 0.3 is 0 Å². The van der Waals surface area contributed by atoms with Crippen LogP contribution in [-0.4, -0.2) is 56.3 Å². The minimum atomic E-state index is -0.398. The predicted molar refractivity (Wildman–Crippen MR) is 106 cm³/mol. The first-order valence-corrected chi connectivity index (χ1v) is 9.76. The summed E-state index contributed by atoms with van der Waals surface area (Å²) < 4.78 is 21.0. The highest BCUT2D eigenvalue weighted by Gasteiger charge is 2.35. The van der Waals surface area contributed by atoms with E-state index >= 15 is 0 Å². The van der Waals surface area contributed by atoms with Crippen LogP contribution in [0.5, 0.6) is 11.5 Å². The number of aromatic nitrogens is 5. The number of hydrogen-bond acceptors (Lipinski definition) is 7. The molecule has 0 atom stereocenters. The van der Waals surface area contributed by atoms with Gasteiger partial charge in [0.05, 0.1) is 30.9 Å². The summed E-state index contributed by atoms with van der Waals surface area (Å²) in [6.07, 6.45) is 3.58. The number of imidazole rings is 1. The molecule has 2 aliphatic rings. The Morgan fingerprint density at radius 2 is 2.14 bits per heavy atom. The third-order valence-corrected chi connectivity index (χ3v) is 5.16. The van der Waals surface area contributed by atoms with Crippen molar-refractivity contribution >= 4 is 0 Å². The molecule has 1 fully saturated rings. The van der Waals surface area contributed by atoms with Crippen LogP contribution in [0.15, 0.2) is 30.7 Å². The van der Waals surface area contributed by atoms with Gasteiger partial charge < -0.3 is 24.5 Å². The monoisotopic (exact) mass is 396 g/mol. The van der Waals surface area contributed by atoms with Crippen molar-refractivity contribution in [1.29, 1.82) is 0 Å². The molecule has 4 heterocycles. The highest BCUT2D eigenvalue weighted by atomic mass is 16.5. The maximum atomic E-state index is 6.15. The van der Waals surface area contributed by atoms with E-state index < -0.39 is 5.54 Å². The Balaban J connectivity index is 1.46. The van der Waals surface area contributed by atoms with Crippen LogP contribution in [0, 0.1) is 0 Å². The van der Waals surface area contributed by atoms with Crippen LogP contribution >= 0.6 is 0 Å². The van der Waals surface area contributed by atoms with E-state index in [-0.39, 0.29) is 6.04 Å². The normalized spacial score (nSPS) is 17.1. The summed E-state index contributed by atoms with van der Waals surface area (Å²) in [6.45, 7) is 6.86. The summed E-state index contributed by atoms with van der Waals surface area (Å²) in [4.78, 5) is 9.27. The van der Waals surface area contributed by atoms with Crippen LogP contribution in [0.25, 0.3) is 22.9 Å². The second-order valence-electron chi connectivity index (χ2n) is 7.92. The van der Waals surface area contributed by atoms with Crippen LogP contribution in [0.3, 0.4) is 0 Å². The van der Waals surface area contributed by atoms with Gasteiger partial charge in [-0.15, -0.1) is 0 Å². The summed E-state index contributed by atoms with van der Waals surface area (Å²) >= 11 is 0. The smallest absolute Gasteiger partial charge is 0.178 e. The maximum absolute atomic E-state index is 6.15. The molecule has 2 aromatic heterocycles. The van der Waals surface area contributed by atoms with Gasteiger partial charge in [0.1, 0.15) is 42.6 Å². The van der Waals surface area contributed by atoms with Crippen LogP contribution in [0.1, 0.15) is 19.9 Å². The van der Waals surface area contributed by atoms with Gasteiger partial charge in [0, 0.05) is 18.3 Å². The van der Waals surface area contributed by atoms with Crippen molar-refractivity contribution in [1.82, 2.24) is 24.3 Å².